The second-order valence-electron chi connectivity index (χ2n) is 12.8. The number of nitrogens with zero attached hydrogens (tertiary/aromatic N) is 5. The molecule has 14 nitrogen and oxygen atoms in total. The Morgan fingerprint density at radius 2 is 1.63 bits per heavy atom. The number of aromatic nitrogens is 4. The molecule has 5 atom stereocenters. The molecule has 2 aromatic rings. The normalized spacial score (nSPS) is 28.4. The lowest BCUT2D eigenvalue weighted by molar-refractivity contribution is -0.205. The summed E-state index contributed by atoms with van der Waals surface area (Å²) >= 11 is 0. The third-order valence-electron chi connectivity index (χ3n) is 6.73. The van der Waals surface area contributed by atoms with Gasteiger partial charge in [0, 0.05) is 0 Å². The van der Waals surface area contributed by atoms with E-state index >= 15 is 0 Å². The summed E-state index contributed by atoms with van der Waals surface area (Å²) in [6.07, 6.45) is -0.824. The van der Waals surface area contributed by atoms with Crippen LogP contribution in [0.25, 0.3) is 11.2 Å². The van der Waals surface area contributed by atoms with E-state index in [0.717, 1.165) is 0 Å². The summed E-state index contributed by atoms with van der Waals surface area (Å²) in [7, 11) is 0. The molecule has 4 heterocycles. The number of esters is 1. The van der Waals surface area contributed by atoms with Gasteiger partial charge in [-0.2, -0.15) is 4.90 Å². The van der Waals surface area contributed by atoms with Crippen LogP contribution in [0.1, 0.15) is 75.0 Å². The van der Waals surface area contributed by atoms with Crippen LogP contribution in [0.2, 0.25) is 0 Å². The van der Waals surface area contributed by atoms with E-state index in [4.69, 9.17) is 28.4 Å². The highest BCUT2D eigenvalue weighted by molar-refractivity contribution is 6.12. The zero-order valence-corrected chi connectivity index (χ0v) is 24.8. The number of imide groups is 1. The van der Waals surface area contributed by atoms with Crippen LogP contribution in [0.15, 0.2) is 12.7 Å². The largest absolute Gasteiger partial charge is 0.466 e. The number of hydrogen-bond donors (Lipinski definition) is 0. The molecule has 1 spiro atoms. The lowest BCUT2D eigenvalue weighted by atomic mass is 10.1. The fraction of sp³-hybridized carbons (Fsp3) is 0.704. The van der Waals surface area contributed by atoms with Gasteiger partial charge in [0.05, 0.1) is 18.9 Å². The minimum Gasteiger partial charge on any atom is -0.466 e. The molecule has 0 N–H and O–H groups in total. The van der Waals surface area contributed by atoms with Crippen molar-refractivity contribution in [3.63, 3.8) is 0 Å². The van der Waals surface area contributed by atoms with Gasteiger partial charge < -0.3 is 28.4 Å². The van der Waals surface area contributed by atoms with E-state index in [0.29, 0.717) is 11.3 Å². The number of ether oxygens (including phenoxy) is 6. The van der Waals surface area contributed by atoms with Gasteiger partial charge in [-0.3, -0.25) is 9.36 Å². The quantitative estimate of drug-likeness (QED) is 0.384. The molecule has 2 aromatic heterocycles. The summed E-state index contributed by atoms with van der Waals surface area (Å²) in [5.74, 6) is -1.91. The maximum Gasteiger partial charge on any atom is 0.425 e. The zero-order valence-electron chi connectivity index (χ0n) is 24.8. The fourth-order valence-corrected chi connectivity index (χ4v) is 5.23. The van der Waals surface area contributed by atoms with Gasteiger partial charge in [0.25, 0.3) is 0 Å². The Hall–Kier alpha value is -3.36. The molecular formula is C27H37N5O9. The third kappa shape index (κ3) is 5.35. The van der Waals surface area contributed by atoms with E-state index in [9.17, 15) is 14.4 Å². The Morgan fingerprint density at radius 1 is 1.00 bits per heavy atom. The Morgan fingerprint density at radius 3 is 2.22 bits per heavy atom. The number of imidazole rings is 1. The van der Waals surface area contributed by atoms with Gasteiger partial charge in [-0.05, 0) is 68.7 Å². The lowest BCUT2D eigenvalue weighted by Crippen LogP contribution is -2.44. The number of fused-ring (bicyclic) bond motifs is 3. The molecular weight excluding hydrogens is 538 g/mol. The van der Waals surface area contributed by atoms with E-state index in [-0.39, 0.29) is 29.6 Å². The molecule has 2 saturated heterocycles. The standard InChI is InChI=1S/C27H37N5O9/c1-10-36-21(33)14-11-27(14)17-16(37-26(8,9)38-17)20(39-27)31-13-30-15-18(31)28-12-29-19(15)32(22(34)40-24(2,3)4)23(35)41-25(5,6)7/h12-14,16-17,20H,10-11H2,1-9H3/t14-,16-,17?,20+,27+/m0/s1. The van der Waals surface area contributed by atoms with Crippen molar-refractivity contribution in [2.45, 2.75) is 110 Å². The maximum absolute atomic E-state index is 13.3. The van der Waals surface area contributed by atoms with Crippen molar-refractivity contribution in [2.24, 2.45) is 5.92 Å². The number of carbonyl (C=O) groups is 3. The van der Waals surface area contributed by atoms with E-state index in [1.54, 1.807) is 66.9 Å². The van der Waals surface area contributed by atoms with Crippen molar-refractivity contribution in [1.82, 2.24) is 19.5 Å². The van der Waals surface area contributed by atoms with Gasteiger partial charge in [0.2, 0.25) is 0 Å². The summed E-state index contributed by atoms with van der Waals surface area (Å²) in [6, 6.07) is 0. The highest BCUT2D eigenvalue weighted by Gasteiger charge is 2.76. The van der Waals surface area contributed by atoms with Gasteiger partial charge >= 0.3 is 18.2 Å². The summed E-state index contributed by atoms with van der Waals surface area (Å²) in [5.41, 5.74) is -2.36. The van der Waals surface area contributed by atoms with E-state index < -0.39 is 59.1 Å². The first-order valence-electron chi connectivity index (χ1n) is 13.6. The molecule has 0 bridgehead atoms. The predicted molar refractivity (Wildman–Crippen MR) is 142 cm³/mol. The molecule has 1 unspecified atom stereocenters. The predicted octanol–water partition coefficient (Wildman–Crippen LogP) is 3.87. The van der Waals surface area contributed by atoms with Gasteiger partial charge in [-0.1, -0.05) is 0 Å². The Labute approximate surface area is 237 Å². The molecule has 14 heteroatoms. The van der Waals surface area contributed by atoms with Crippen LogP contribution in [-0.2, 0) is 33.2 Å². The van der Waals surface area contributed by atoms with Crippen LogP contribution in [0.4, 0.5) is 15.4 Å². The Kier molecular flexibility index (Phi) is 6.82. The SMILES string of the molecule is CCOC(=O)[C@@H]1C[C@@]12O[C@@H](n1cnc3c(N(C(=O)OC(C)(C)C)C(=O)OC(C)(C)C)ncnc31)[C@H]1OC(C)(C)OC12. The second-order valence-corrected chi connectivity index (χ2v) is 12.8. The molecule has 0 radical (unpaired) electrons. The molecule has 3 fully saturated rings. The number of rotatable bonds is 4. The molecule has 41 heavy (non-hydrogen) atoms. The number of anilines is 1. The van der Waals surface area contributed by atoms with Crippen LogP contribution in [-0.4, -0.2) is 79.1 Å². The Bertz CT molecular complexity index is 1350. The number of amides is 2. The summed E-state index contributed by atoms with van der Waals surface area (Å²) in [6.45, 7) is 15.7. The van der Waals surface area contributed by atoms with Crippen LogP contribution in [0.3, 0.4) is 0 Å². The third-order valence-corrected chi connectivity index (χ3v) is 6.73. The lowest BCUT2D eigenvalue weighted by Gasteiger charge is -2.28. The topological polar surface area (TPSA) is 153 Å². The average molecular weight is 576 g/mol. The molecule has 224 valence electrons. The number of carbonyl (C=O) groups excluding carboxylic acids is 3. The minimum atomic E-state index is -0.984. The highest BCUT2D eigenvalue weighted by atomic mass is 16.8. The molecule has 1 aliphatic carbocycles. The first-order valence-corrected chi connectivity index (χ1v) is 13.6. The average Bonchev–Trinajstić information content (AvgIpc) is 3.06. The smallest absolute Gasteiger partial charge is 0.425 e. The fourth-order valence-electron chi connectivity index (χ4n) is 5.23. The summed E-state index contributed by atoms with van der Waals surface area (Å²) in [4.78, 5) is 52.9. The molecule has 5 rings (SSSR count). The van der Waals surface area contributed by atoms with Crippen molar-refractivity contribution >= 4 is 35.1 Å². The summed E-state index contributed by atoms with van der Waals surface area (Å²) < 4.78 is 36.8. The molecule has 2 aliphatic heterocycles. The molecule has 3 aliphatic rings. The van der Waals surface area contributed by atoms with Crippen LogP contribution in [0.5, 0.6) is 0 Å². The zero-order chi connectivity index (χ0) is 30.1. The van der Waals surface area contributed by atoms with Crippen LogP contribution >= 0.6 is 0 Å². The monoisotopic (exact) mass is 575 g/mol. The molecule has 0 aromatic carbocycles. The first-order chi connectivity index (χ1) is 19.0. The maximum atomic E-state index is 13.3. The van der Waals surface area contributed by atoms with Crippen molar-refractivity contribution in [3.05, 3.63) is 12.7 Å². The van der Waals surface area contributed by atoms with Gasteiger partial charge in [0.1, 0.15) is 35.3 Å². The summed E-state index contributed by atoms with van der Waals surface area (Å²) in [5, 5.41) is 0. The molecule has 1 saturated carbocycles. The van der Waals surface area contributed by atoms with Gasteiger partial charge in [0.15, 0.2) is 29.0 Å². The van der Waals surface area contributed by atoms with Crippen LogP contribution < -0.4 is 4.90 Å². The molecule has 2 amide bonds. The van der Waals surface area contributed by atoms with Gasteiger partial charge in [-0.25, -0.2) is 24.5 Å². The number of hydrogen-bond acceptors (Lipinski definition) is 12. The van der Waals surface area contributed by atoms with E-state index in [1.807, 2.05) is 0 Å². The van der Waals surface area contributed by atoms with E-state index in [2.05, 4.69) is 15.0 Å². The first kappa shape index (κ1) is 29.1. The Balaban J connectivity index is 1.54. The van der Waals surface area contributed by atoms with Crippen molar-refractivity contribution in [1.29, 1.82) is 0 Å². The van der Waals surface area contributed by atoms with E-state index in [1.165, 1.54) is 12.7 Å². The van der Waals surface area contributed by atoms with Crippen molar-refractivity contribution in [3.8, 4) is 0 Å². The van der Waals surface area contributed by atoms with Crippen molar-refractivity contribution in [2.75, 3.05) is 11.5 Å². The second kappa shape index (κ2) is 9.60. The van der Waals surface area contributed by atoms with Gasteiger partial charge in [-0.15, -0.1) is 0 Å². The van der Waals surface area contributed by atoms with Crippen molar-refractivity contribution < 1.29 is 42.8 Å². The van der Waals surface area contributed by atoms with Crippen LogP contribution in [0, 0.1) is 5.92 Å². The highest BCUT2D eigenvalue weighted by Crippen LogP contribution is 2.62. The minimum absolute atomic E-state index is 0.124.